The lowest BCUT2D eigenvalue weighted by atomic mass is 10.2. The van der Waals surface area contributed by atoms with Gasteiger partial charge in [-0.25, -0.2) is 9.97 Å². The largest absolute Gasteiger partial charge is 0.370 e. The summed E-state index contributed by atoms with van der Waals surface area (Å²) in [5.74, 6) is 0.394. The number of hydrogen-bond acceptors (Lipinski definition) is 5. The number of carbonyl (C=O) groups excluding carboxylic acids is 1. The number of hydrogen-bond donors (Lipinski definition) is 2. The number of aromatic nitrogens is 2. The molecule has 2 rings (SSSR count). The van der Waals surface area contributed by atoms with Gasteiger partial charge in [0.2, 0.25) is 0 Å². The number of nitrogens with one attached hydrogen (secondary N) is 2. The van der Waals surface area contributed by atoms with E-state index in [2.05, 4.69) is 20.6 Å². The minimum atomic E-state index is -0.196. The Balaban J connectivity index is 2.20. The predicted octanol–water partition coefficient (Wildman–Crippen LogP) is 2.84. The molecule has 0 aliphatic heterocycles. The Labute approximate surface area is 116 Å². The van der Waals surface area contributed by atoms with Crippen molar-refractivity contribution in [3.05, 3.63) is 34.5 Å². The molecule has 0 saturated carbocycles. The van der Waals surface area contributed by atoms with Crippen molar-refractivity contribution in [3.63, 3.8) is 0 Å². The minimum absolute atomic E-state index is 0.196. The summed E-state index contributed by atoms with van der Waals surface area (Å²) in [5, 5.41) is 6.49. The highest BCUT2D eigenvalue weighted by molar-refractivity contribution is 7.15. The number of pyridine rings is 1. The van der Waals surface area contributed by atoms with Crippen molar-refractivity contribution in [1.82, 2.24) is 9.97 Å². The SMILES string of the molecule is CCNc1ncccc1C(=O)Nc1nc(C)c(C)s1. The van der Waals surface area contributed by atoms with Gasteiger partial charge in [-0.3, -0.25) is 10.1 Å². The van der Waals surface area contributed by atoms with Gasteiger partial charge in [0.15, 0.2) is 5.13 Å². The van der Waals surface area contributed by atoms with Gasteiger partial charge in [0.05, 0.1) is 11.3 Å². The van der Waals surface area contributed by atoms with Crippen LogP contribution in [0, 0.1) is 13.8 Å². The van der Waals surface area contributed by atoms with Crippen LogP contribution in [0.1, 0.15) is 27.9 Å². The van der Waals surface area contributed by atoms with E-state index in [0.717, 1.165) is 10.6 Å². The van der Waals surface area contributed by atoms with Crippen molar-refractivity contribution in [2.75, 3.05) is 17.2 Å². The standard InChI is InChI=1S/C13H16N4OS/c1-4-14-11-10(6-5-7-15-11)12(18)17-13-16-8(2)9(3)19-13/h5-7H,4H2,1-3H3,(H,14,15)(H,16,17,18). The lowest BCUT2D eigenvalue weighted by molar-refractivity contribution is 0.102. The van der Waals surface area contributed by atoms with Crippen LogP contribution in [-0.4, -0.2) is 22.4 Å². The van der Waals surface area contributed by atoms with E-state index in [1.54, 1.807) is 18.3 Å². The van der Waals surface area contributed by atoms with E-state index in [9.17, 15) is 4.79 Å². The summed E-state index contributed by atoms with van der Waals surface area (Å²) in [7, 11) is 0. The van der Waals surface area contributed by atoms with Crippen LogP contribution in [0.25, 0.3) is 0 Å². The molecule has 0 atom stereocenters. The maximum Gasteiger partial charge on any atom is 0.261 e. The molecule has 100 valence electrons. The van der Waals surface area contributed by atoms with Crippen LogP contribution in [-0.2, 0) is 0 Å². The van der Waals surface area contributed by atoms with E-state index in [4.69, 9.17) is 0 Å². The third-order valence-corrected chi connectivity index (χ3v) is 3.63. The van der Waals surface area contributed by atoms with Crippen LogP contribution in [0.4, 0.5) is 10.9 Å². The van der Waals surface area contributed by atoms with Gasteiger partial charge < -0.3 is 5.32 Å². The summed E-state index contributed by atoms with van der Waals surface area (Å²) >= 11 is 1.47. The van der Waals surface area contributed by atoms with Crippen LogP contribution in [0.3, 0.4) is 0 Å². The molecule has 0 aliphatic rings. The van der Waals surface area contributed by atoms with E-state index in [1.807, 2.05) is 20.8 Å². The topological polar surface area (TPSA) is 66.9 Å². The second-order valence-corrected chi connectivity index (χ2v) is 5.25. The summed E-state index contributed by atoms with van der Waals surface area (Å²) < 4.78 is 0. The number of amides is 1. The number of aryl methyl sites for hydroxylation is 2. The first-order valence-corrected chi connectivity index (χ1v) is 6.87. The van der Waals surface area contributed by atoms with Crippen LogP contribution >= 0.6 is 11.3 Å². The maximum atomic E-state index is 12.2. The van der Waals surface area contributed by atoms with Crippen molar-refractivity contribution in [2.45, 2.75) is 20.8 Å². The molecule has 2 aromatic rings. The molecule has 0 aliphatic carbocycles. The van der Waals surface area contributed by atoms with Crippen molar-refractivity contribution >= 4 is 28.2 Å². The lowest BCUT2D eigenvalue weighted by Gasteiger charge is -2.08. The zero-order valence-electron chi connectivity index (χ0n) is 11.2. The Hall–Kier alpha value is -1.95. The minimum Gasteiger partial charge on any atom is -0.370 e. The number of rotatable bonds is 4. The predicted molar refractivity (Wildman–Crippen MR) is 77.9 cm³/mol. The summed E-state index contributed by atoms with van der Waals surface area (Å²) in [5.41, 5.74) is 1.47. The van der Waals surface area contributed by atoms with Crippen LogP contribution < -0.4 is 10.6 Å². The van der Waals surface area contributed by atoms with E-state index in [1.165, 1.54) is 11.3 Å². The van der Waals surface area contributed by atoms with Gasteiger partial charge in [0, 0.05) is 17.6 Å². The monoisotopic (exact) mass is 276 g/mol. The summed E-state index contributed by atoms with van der Waals surface area (Å²) in [4.78, 5) is 21.8. The molecule has 2 N–H and O–H groups in total. The van der Waals surface area contributed by atoms with E-state index >= 15 is 0 Å². The Kier molecular flexibility index (Phi) is 4.11. The summed E-state index contributed by atoms with van der Waals surface area (Å²) in [6, 6.07) is 3.49. The van der Waals surface area contributed by atoms with Gasteiger partial charge in [-0.2, -0.15) is 0 Å². The first-order chi connectivity index (χ1) is 9.11. The van der Waals surface area contributed by atoms with Crippen LogP contribution in [0.5, 0.6) is 0 Å². The number of carbonyl (C=O) groups is 1. The average molecular weight is 276 g/mol. The zero-order chi connectivity index (χ0) is 13.8. The number of thiazole rings is 1. The van der Waals surface area contributed by atoms with Crippen molar-refractivity contribution in [3.8, 4) is 0 Å². The first kappa shape index (κ1) is 13.5. The molecule has 0 radical (unpaired) electrons. The number of nitrogens with zero attached hydrogens (tertiary/aromatic N) is 2. The molecule has 0 fully saturated rings. The van der Waals surface area contributed by atoms with E-state index in [-0.39, 0.29) is 5.91 Å². The second-order valence-electron chi connectivity index (χ2n) is 4.04. The molecule has 2 heterocycles. The molecular weight excluding hydrogens is 260 g/mol. The highest BCUT2D eigenvalue weighted by atomic mass is 32.1. The van der Waals surface area contributed by atoms with Gasteiger partial charge in [0.25, 0.3) is 5.91 Å². The molecule has 0 saturated heterocycles. The van der Waals surface area contributed by atoms with Crippen LogP contribution in [0.2, 0.25) is 0 Å². The van der Waals surface area contributed by atoms with E-state index in [0.29, 0.717) is 23.1 Å². The molecule has 0 bridgehead atoms. The Morgan fingerprint density at radius 3 is 2.84 bits per heavy atom. The highest BCUT2D eigenvalue weighted by Gasteiger charge is 2.14. The third-order valence-electron chi connectivity index (χ3n) is 2.65. The second kappa shape index (κ2) is 5.79. The molecule has 1 amide bonds. The van der Waals surface area contributed by atoms with Crippen LogP contribution in [0.15, 0.2) is 18.3 Å². The normalized spacial score (nSPS) is 10.3. The van der Waals surface area contributed by atoms with Gasteiger partial charge in [0.1, 0.15) is 5.82 Å². The molecular formula is C13H16N4OS. The molecule has 5 nitrogen and oxygen atoms in total. The number of anilines is 2. The fraction of sp³-hybridized carbons (Fsp3) is 0.308. The Morgan fingerprint density at radius 1 is 1.42 bits per heavy atom. The fourth-order valence-corrected chi connectivity index (χ4v) is 2.40. The average Bonchev–Trinajstić information content (AvgIpc) is 2.69. The quantitative estimate of drug-likeness (QED) is 0.901. The van der Waals surface area contributed by atoms with Gasteiger partial charge in [-0.1, -0.05) is 0 Å². The van der Waals surface area contributed by atoms with Crippen molar-refractivity contribution in [1.29, 1.82) is 0 Å². The maximum absolute atomic E-state index is 12.2. The molecule has 2 aromatic heterocycles. The molecule has 6 heteroatoms. The Bertz CT molecular complexity index is 575. The van der Waals surface area contributed by atoms with Gasteiger partial charge in [-0.05, 0) is 32.9 Å². The van der Waals surface area contributed by atoms with E-state index < -0.39 is 0 Å². The van der Waals surface area contributed by atoms with Crippen molar-refractivity contribution in [2.24, 2.45) is 0 Å². The van der Waals surface area contributed by atoms with Crippen molar-refractivity contribution < 1.29 is 4.79 Å². The molecule has 0 unspecified atom stereocenters. The molecule has 0 aromatic carbocycles. The summed E-state index contributed by atoms with van der Waals surface area (Å²) in [6.07, 6.45) is 1.66. The third kappa shape index (κ3) is 3.08. The lowest BCUT2D eigenvalue weighted by Crippen LogP contribution is -2.15. The zero-order valence-corrected chi connectivity index (χ0v) is 12.0. The Morgan fingerprint density at radius 2 is 2.21 bits per heavy atom. The summed E-state index contributed by atoms with van der Waals surface area (Å²) in [6.45, 7) is 6.59. The fourth-order valence-electron chi connectivity index (χ4n) is 1.59. The molecule has 0 spiro atoms. The first-order valence-electron chi connectivity index (χ1n) is 6.06. The van der Waals surface area contributed by atoms with Gasteiger partial charge >= 0.3 is 0 Å². The highest BCUT2D eigenvalue weighted by Crippen LogP contribution is 2.22. The van der Waals surface area contributed by atoms with Gasteiger partial charge in [-0.15, -0.1) is 11.3 Å². The molecule has 19 heavy (non-hydrogen) atoms. The smallest absolute Gasteiger partial charge is 0.261 e.